The molecule has 7 heteroatoms. The number of esters is 2. The number of ether oxygens (including phenoxy) is 2. The maximum Gasteiger partial charge on any atom is 0.319 e. The van der Waals surface area contributed by atoms with Gasteiger partial charge in [-0.2, -0.15) is 0 Å². The Morgan fingerprint density at radius 2 is 1.72 bits per heavy atom. The standard InChI is InChI=1S/C25H26N2O4S/c1-16(2)30-22-10-8-19(9-11-22)23-12-26-24(32-23)20-6-4-18(5-7-20)13-27-14-21(15-27)25(29)31-17(3)28/h4-12,16,21H,13-15H2,1-3H3. The molecule has 6 nitrogen and oxygen atoms in total. The van der Waals surface area contributed by atoms with Crippen molar-refractivity contribution in [1.82, 2.24) is 9.88 Å². The highest BCUT2D eigenvalue weighted by Crippen LogP contribution is 2.33. The topological polar surface area (TPSA) is 68.7 Å². The predicted octanol–water partition coefficient (Wildman–Crippen LogP) is 4.79. The number of thiazole rings is 1. The number of rotatable bonds is 7. The molecule has 1 saturated heterocycles. The van der Waals surface area contributed by atoms with Crippen molar-refractivity contribution in [1.29, 1.82) is 0 Å². The zero-order chi connectivity index (χ0) is 22.7. The summed E-state index contributed by atoms with van der Waals surface area (Å²) in [4.78, 5) is 30.5. The smallest absolute Gasteiger partial charge is 0.319 e. The second-order valence-corrected chi connectivity index (χ2v) is 9.25. The lowest BCUT2D eigenvalue weighted by Crippen LogP contribution is -2.50. The molecule has 0 spiro atoms. The fourth-order valence-corrected chi connectivity index (χ4v) is 4.52. The van der Waals surface area contributed by atoms with Gasteiger partial charge in [-0.15, -0.1) is 11.3 Å². The summed E-state index contributed by atoms with van der Waals surface area (Å²) < 4.78 is 10.4. The Labute approximate surface area is 191 Å². The highest BCUT2D eigenvalue weighted by atomic mass is 32.1. The van der Waals surface area contributed by atoms with E-state index in [1.165, 1.54) is 12.5 Å². The van der Waals surface area contributed by atoms with Gasteiger partial charge in [0, 0.05) is 38.3 Å². The van der Waals surface area contributed by atoms with E-state index in [1.807, 2.05) is 32.2 Å². The predicted molar refractivity (Wildman–Crippen MR) is 124 cm³/mol. The molecule has 0 unspecified atom stereocenters. The number of carbonyl (C=O) groups excluding carboxylic acids is 2. The van der Waals surface area contributed by atoms with Gasteiger partial charge >= 0.3 is 11.9 Å². The molecule has 1 aromatic heterocycles. The van der Waals surface area contributed by atoms with Crippen molar-refractivity contribution < 1.29 is 19.1 Å². The first-order chi connectivity index (χ1) is 15.4. The van der Waals surface area contributed by atoms with Crippen molar-refractivity contribution >= 4 is 23.3 Å². The van der Waals surface area contributed by atoms with Crippen molar-refractivity contribution in [3.8, 4) is 26.8 Å². The van der Waals surface area contributed by atoms with Crippen molar-refractivity contribution in [3.05, 3.63) is 60.3 Å². The Kier molecular flexibility index (Phi) is 6.67. The lowest BCUT2D eigenvalue weighted by atomic mass is 9.99. The van der Waals surface area contributed by atoms with Crippen LogP contribution in [-0.2, 0) is 20.9 Å². The van der Waals surface area contributed by atoms with E-state index in [1.54, 1.807) is 11.3 Å². The number of hydrogen-bond acceptors (Lipinski definition) is 7. The minimum atomic E-state index is -0.549. The maximum atomic E-state index is 11.7. The number of nitrogens with zero attached hydrogens (tertiary/aromatic N) is 2. The number of aromatic nitrogens is 1. The molecule has 166 valence electrons. The summed E-state index contributed by atoms with van der Waals surface area (Å²) in [6.07, 6.45) is 2.07. The Morgan fingerprint density at radius 3 is 2.34 bits per heavy atom. The van der Waals surface area contributed by atoms with Crippen LogP contribution in [0.1, 0.15) is 26.3 Å². The molecule has 1 fully saturated rings. The second-order valence-electron chi connectivity index (χ2n) is 8.22. The van der Waals surface area contributed by atoms with Crippen LogP contribution in [-0.4, -0.2) is 41.0 Å². The van der Waals surface area contributed by atoms with Gasteiger partial charge < -0.3 is 9.47 Å². The van der Waals surface area contributed by atoms with Crippen LogP contribution >= 0.6 is 11.3 Å². The van der Waals surface area contributed by atoms with Crippen molar-refractivity contribution in [2.45, 2.75) is 33.4 Å². The highest BCUT2D eigenvalue weighted by molar-refractivity contribution is 7.18. The zero-order valence-electron chi connectivity index (χ0n) is 18.4. The lowest BCUT2D eigenvalue weighted by Gasteiger charge is -2.37. The third-order valence-electron chi connectivity index (χ3n) is 5.16. The summed E-state index contributed by atoms with van der Waals surface area (Å²) in [5, 5.41) is 0.977. The van der Waals surface area contributed by atoms with Gasteiger partial charge in [0.15, 0.2) is 0 Å². The molecule has 1 aliphatic rings. The van der Waals surface area contributed by atoms with Gasteiger partial charge in [-0.05, 0) is 49.2 Å². The van der Waals surface area contributed by atoms with E-state index >= 15 is 0 Å². The largest absolute Gasteiger partial charge is 0.491 e. The summed E-state index contributed by atoms with van der Waals surface area (Å²) >= 11 is 1.66. The van der Waals surface area contributed by atoms with E-state index in [9.17, 15) is 9.59 Å². The monoisotopic (exact) mass is 450 g/mol. The van der Waals surface area contributed by atoms with Crippen LogP contribution in [0.3, 0.4) is 0 Å². The van der Waals surface area contributed by atoms with E-state index in [0.29, 0.717) is 13.1 Å². The fourth-order valence-electron chi connectivity index (χ4n) is 3.59. The first kappa shape index (κ1) is 22.2. The zero-order valence-corrected chi connectivity index (χ0v) is 19.2. The average molecular weight is 451 g/mol. The van der Waals surface area contributed by atoms with Gasteiger partial charge in [-0.1, -0.05) is 24.3 Å². The van der Waals surface area contributed by atoms with E-state index < -0.39 is 11.9 Å². The highest BCUT2D eigenvalue weighted by Gasteiger charge is 2.34. The van der Waals surface area contributed by atoms with Crippen molar-refractivity contribution in [2.75, 3.05) is 13.1 Å². The van der Waals surface area contributed by atoms with Gasteiger partial charge in [0.25, 0.3) is 0 Å². The van der Waals surface area contributed by atoms with E-state index in [-0.39, 0.29) is 12.0 Å². The summed E-state index contributed by atoms with van der Waals surface area (Å²) in [5.41, 5.74) is 3.37. The molecule has 0 N–H and O–H groups in total. The third-order valence-corrected chi connectivity index (χ3v) is 6.25. The Morgan fingerprint density at radius 1 is 1.06 bits per heavy atom. The number of likely N-dealkylation sites (tertiary alicyclic amines) is 1. The minimum Gasteiger partial charge on any atom is -0.491 e. The second kappa shape index (κ2) is 9.63. The van der Waals surface area contributed by atoms with Gasteiger partial charge in [0.05, 0.1) is 16.9 Å². The number of carbonyl (C=O) groups is 2. The Balaban J connectivity index is 1.34. The quantitative estimate of drug-likeness (QED) is 0.381. The third kappa shape index (κ3) is 5.41. The first-order valence-electron chi connectivity index (χ1n) is 10.6. The molecule has 32 heavy (non-hydrogen) atoms. The normalized spacial score (nSPS) is 14.2. The molecule has 0 atom stereocenters. The molecule has 0 bridgehead atoms. The summed E-state index contributed by atoms with van der Waals surface area (Å²) in [7, 11) is 0. The summed E-state index contributed by atoms with van der Waals surface area (Å²) in [6.45, 7) is 7.27. The van der Waals surface area contributed by atoms with Crippen LogP contribution < -0.4 is 4.74 Å². The van der Waals surface area contributed by atoms with Crippen LogP contribution in [0.4, 0.5) is 0 Å². The lowest BCUT2D eigenvalue weighted by molar-refractivity contribution is -0.165. The minimum absolute atomic E-state index is 0.157. The maximum absolute atomic E-state index is 11.7. The first-order valence-corrected chi connectivity index (χ1v) is 11.5. The molecule has 1 aliphatic heterocycles. The van der Waals surface area contributed by atoms with Crippen molar-refractivity contribution in [3.63, 3.8) is 0 Å². The number of hydrogen-bond donors (Lipinski definition) is 0. The van der Waals surface area contributed by atoms with Crippen LogP contribution in [0.5, 0.6) is 5.75 Å². The molecule has 2 aromatic carbocycles. The molecule has 0 radical (unpaired) electrons. The summed E-state index contributed by atoms with van der Waals surface area (Å²) in [6, 6.07) is 16.4. The molecule has 0 saturated carbocycles. The van der Waals surface area contributed by atoms with Crippen LogP contribution in [0, 0.1) is 5.92 Å². The van der Waals surface area contributed by atoms with Gasteiger partial charge in [-0.25, -0.2) is 4.98 Å². The molecule has 4 rings (SSSR count). The molecule has 3 aromatic rings. The fraction of sp³-hybridized carbons (Fsp3) is 0.320. The SMILES string of the molecule is CC(=O)OC(=O)C1CN(Cc2ccc(-c3ncc(-c4ccc(OC(C)C)cc4)s3)cc2)C1. The Bertz CT molecular complexity index is 1080. The van der Waals surface area contributed by atoms with Crippen LogP contribution in [0.25, 0.3) is 21.0 Å². The van der Waals surface area contributed by atoms with Crippen molar-refractivity contribution in [2.24, 2.45) is 5.92 Å². The molecule has 0 aliphatic carbocycles. The molecular formula is C25H26N2O4S. The van der Waals surface area contributed by atoms with E-state index in [2.05, 4.69) is 51.0 Å². The van der Waals surface area contributed by atoms with Crippen LogP contribution in [0.15, 0.2) is 54.7 Å². The Hall–Kier alpha value is -3.03. The van der Waals surface area contributed by atoms with Gasteiger partial charge in [0.1, 0.15) is 10.8 Å². The molecule has 2 heterocycles. The van der Waals surface area contributed by atoms with E-state index in [0.717, 1.165) is 33.3 Å². The van der Waals surface area contributed by atoms with E-state index in [4.69, 9.17) is 4.74 Å². The average Bonchev–Trinajstić information content (AvgIpc) is 3.20. The molecular weight excluding hydrogens is 424 g/mol. The molecule has 0 amide bonds. The summed E-state index contributed by atoms with van der Waals surface area (Å²) in [5.74, 6) is -0.316. The van der Waals surface area contributed by atoms with Gasteiger partial charge in [0.2, 0.25) is 0 Å². The van der Waals surface area contributed by atoms with Gasteiger partial charge in [-0.3, -0.25) is 14.5 Å². The number of benzene rings is 2. The van der Waals surface area contributed by atoms with Crippen LogP contribution in [0.2, 0.25) is 0 Å².